The molecule has 0 bridgehead atoms. The van der Waals surface area contributed by atoms with Gasteiger partial charge in [0, 0.05) is 24.8 Å². The van der Waals surface area contributed by atoms with Gasteiger partial charge in [-0.1, -0.05) is 0 Å². The molecule has 0 spiro atoms. The first-order valence-corrected chi connectivity index (χ1v) is 7.50. The number of anilines is 1. The lowest BCUT2D eigenvalue weighted by Crippen LogP contribution is -2.41. The van der Waals surface area contributed by atoms with Gasteiger partial charge in [-0.3, -0.25) is 4.79 Å². The number of nitrogens with zero attached hydrogens (tertiary/aromatic N) is 2. The van der Waals surface area contributed by atoms with Crippen LogP contribution in [0.4, 0.5) is 5.69 Å². The monoisotopic (exact) mass is 288 g/mol. The second-order valence-electron chi connectivity index (χ2n) is 5.73. The van der Waals surface area contributed by atoms with Gasteiger partial charge in [-0.2, -0.15) is 0 Å². The van der Waals surface area contributed by atoms with E-state index in [1.165, 1.54) is 0 Å². The Balaban J connectivity index is 1.72. The molecule has 1 aliphatic carbocycles. The number of carbonyl (C=O) groups is 2. The molecular weight excluding hydrogens is 268 g/mol. The highest BCUT2D eigenvalue weighted by Crippen LogP contribution is 2.30. The summed E-state index contributed by atoms with van der Waals surface area (Å²) in [5.74, 6) is -0.728. The van der Waals surface area contributed by atoms with Crippen molar-refractivity contribution in [3.8, 4) is 0 Å². The molecule has 1 saturated carbocycles. The second kappa shape index (κ2) is 5.39. The Hall–Kier alpha value is -2.04. The van der Waals surface area contributed by atoms with Crippen LogP contribution in [0.3, 0.4) is 0 Å². The number of likely N-dealkylation sites (N-methyl/N-ethyl adjacent to an activating group) is 1. The molecule has 3 rings (SSSR count). The van der Waals surface area contributed by atoms with Crippen LogP contribution in [0.5, 0.6) is 0 Å². The molecule has 1 aliphatic heterocycles. The number of amides is 1. The number of fused-ring (bicyclic) bond motifs is 1. The molecule has 1 N–H and O–H groups in total. The molecule has 0 radical (unpaired) electrons. The summed E-state index contributed by atoms with van der Waals surface area (Å²) in [6.07, 6.45) is 3.05. The van der Waals surface area contributed by atoms with E-state index < -0.39 is 5.97 Å². The SMILES string of the molecule is CCN(C(=O)CN1CCc2cc(C(=O)O)ccc21)C1CC1. The second-order valence-corrected chi connectivity index (χ2v) is 5.73. The summed E-state index contributed by atoms with van der Waals surface area (Å²) >= 11 is 0. The van der Waals surface area contributed by atoms with E-state index in [4.69, 9.17) is 5.11 Å². The van der Waals surface area contributed by atoms with E-state index in [2.05, 4.69) is 4.90 Å². The Kier molecular flexibility index (Phi) is 3.57. The molecule has 0 aromatic heterocycles. The number of carboxylic acids is 1. The maximum atomic E-state index is 12.4. The predicted octanol–water partition coefficient (Wildman–Crippen LogP) is 1.76. The summed E-state index contributed by atoms with van der Waals surface area (Å²) < 4.78 is 0. The van der Waals surface area contributed by atoms with E-state index >= 15 is 0 Å². The van der Waals surface area contributed by atoms with Gasteiger partial charge in [-0.25, -0.2) is 4.79 Å². The van der Waals surface area contributed by atoms with Gasteiger partial charge in [0.25, 0.3) is 0 Å². The van der Waals surface area contributed by atoms with Crippen molar-refractivity contribution in [2.45, 2.75) is 32.2 Å². The standard InChI is InChI=1S/C16H20N2O3/c1-2-18(13-4-5-13)15(19)10-17-8-7-11-9-12(16(20)21)3-6-14(11)17/h3,6,9,13H,2,4-5,7-8,10H2,1H3,(H,20,21). The van der Waals surface area contributed by atoms with Crippen LogP contribution in [0.15, 0.2) is 18.2 Å². The normalized spacial score (nSPS) is 16.7. The van der Waals surface area contributed by atoms with Crippen LogP contribution in [0, 0.1) is 0 Å². The summed E-state index contributed by atoms with van der Waals surface area (Å²) in [6.45, 7) is 3.96. The quantitative estimate of drug-likeness (QED) is 0.897. The van der Waals surface area contributed by atoms with E-state index in [1.807, 2.05) is 17.9 Å². The Morgan fingerprint density at radius 1 is 1.38 bits per heavy atom. The molecular formula is C16H20N2O3. The average Bonchev–Trinajstić information content (AvgIpc) is 3.21. The highest BCUT2D eigenvalue weighted by molar-refractivity contribution is 5.89. The minimum absolute atomic E-state index is 0.176. The van der Waals surface area contributed by atoms with E-state index in [0.29, 0.717) is 18.2 Å². The molecule has 1 fully saturated rings. The van der Waals surface area contributed by atoms with E-state index in [0.717, 1.165) is 43.6 Å². The fourth-order valence-electron chi connectivity index (χ4n) is 3.05. The molecule has 5 heteroatoms. The van der Waals surface area contributed by atoms with Gasteiger partial charge in [-0.05, 0) is 49.9 Å². The largest absolute Gasteiger partial charge is 0.478 e. The molecule has 1 aromatic carbocycles. The zero-order chi connectivity index (χ0) is 15.0. The third-order valence-corrected chi connectivity index (χ3v) is 4.29. The lowest BCUT2D eigenvalue weighted by atomic mass is 10.1. The zero-order valence-electron chi connectivity index (χ0n) is 12.2. The van der Waals surface area contributed by atoms with Crippen LogP contribution < -0.4 is 4.90 Å². The predicted molar refractivity (Wildman–Crippen MR) is 79.7 cm³/mol. The van der Waals surface area contributed by atoms with Gasteiger partial charge >= 0.3 is 5.97 Å². The number of hydrogen-bond acceptors (Lipinski definition) is 3. The molecule has 1 heterocycles. The first-order chi connectivity index (χ1) is 10.1. The van der Waals surface area contributed by atoms with Gasteiger partial charge in [0.1, 0.15) is 0 Å². The highest BCUT2D eigenvalue weighted by Gasteiger charge is 2.32. The Morgan fingerprint density at radius 3 is 2.76 bits per heavy atom. The Labute approximate surface area is 124 Å². The average molecular weight is 288 g/mol. The molecule has 0 saturated heterocycles. The lowest BCUT2D eigenvalue weighted by molar-refractivity contribution is -0.130. The van der Waals surface area contributed by atoms with E-state index in [-0.39, 0.29) is 5.91 Å². The van der Waals surface area contributed by atoms with Gasteiger partial charge in [0.05, 0.1) is 12.1 Å². The van der Waals surface area contributed by atoms with Crippen LogP contribution in [0.1, 0.15) is 35.7 Å². The minimum atomic E-state index is -0.904. The zero-order valence-corrected chi connectivity index (χ0v) is 12.2. The maximum Gasteiger partial charge on any atom is 0.335 e. The topological polar surface area (TPSA) is 60.9 Å². The first kappa shape index (κ1) is 13.9. The molecule has 1 aromatic rings. The number of aromatic carboxylic acids is 1. The molecule has 21 heavy (non-hydrogen) atoms. The van der Waals surface area contributed by atoms with Crippen LogP contribution in [0.2, 0.25) is 0 Å². The van der Waals surface area contributed by atoms with Gasteiger partial charge in [-0.15, -0.1) is 0 Å². The van der Waals surface area contributed by atoms with Crippen molar-refractivity contribution in [2.24, 2.45) is 0 Å². The summed E-state index contributed by atoms with van der Waals surface area (Å²) in [7, 11) is 0. The first-order valence-electron chi connectivity index (χ1n) is 7.50. The van der Waals surface area contributed by atoms with Crippen molar-refractivity contribution >= 4 is 17.6 Å². The van der Waals surface area contributed by atoms with Crippen molar-refractivity contribution in [3.63, 3.8) is 0 Å². The Bertz CT molecular complexity index is 581. The van der Waals surface area contributed by atoms with Crippen molar-refractivity contribution in [2.75, 3.05) is 24.5 Å². The third-order valence-electron chi connectivity index (χ3n) is 4.29. The minimum Gasteiger partial charge on any atom is -0.478 e. The van der Waals surface area contributed by atoms with E-state index in [1.54, 1.807) is 12.1 Å². The Morgan fingerprint density at radius 2 is 2.14 bits per heavy atom. The van der Waals surface area contributed by atoms with Crippen LogP contribution in [-0.4, -0.2) is 47.6 Å². The smallest absolute Gasteiger partial charge is 0.335 e. The van der Waals surface area contributed by atoms with Crippen LogP contribution in [0.25, 0.3) is 0 Å². The van der Waals surface area contributed by atoms with Crippen LogP contribution >= 0.6 is 0 Å². The molecule has 112 valence electrons. The third kappa shape index (κ3) is 2.73. The summed E-state index contributed by atoms with van der Waals surface area (Å²) in [5, 5.41) is 9.03. The highest BCUT2D eigenvalue weighted by atomic mass is 16.4. The molecule has 5 nitrogen and oxygen atoms in total. The van der Waals surface area contributed by atoms with Crippen LogP contribution in [-0.2, 0) is 11.2 Å². The van der Waals surface area contributed by atoms with E-state index in [9.17, 15) is 9.59 Å². The number of carbonyl (C=O) groups excluding carboxylic acids is 1. The van der Waals surface area contributed by atoms with Gasteiger partial charge < -0.3 is 14.9 Å². The maximum absolute atomic E-state index is 12.4. The molecule has 0 unspecified atom stereocenters. The summed E-state index contributed by atoms with van der Waals surface area (Å²) in [4.78, 5) is 27.4. The fraction of sp³-hybridized carbons (Fsp3) is 0.500. The van der Waals surface area contributed by atoms with Crippen molar-refractivity contribution in [1.29, 1.82) is 0 Å². The summed E-state index contributed by atoms with van der Waals surface area (Å²) in [6, 6.07) is 5.61. The lowest BCUT2D eigenvalue weighted by Gasteiger charge is -2.25. The number of carboxylic acid groups (broad SMARTS) is 1. The molecule has 1 amide bonds. The summed E-state index contributed by atoms with van der Waals surface area (Å²) in [5.41, 5.74) is 2.34. The van der Waals surface area contributed by atoms with Crippen molar-refractivity contribution < 1.29 is 14.7 Å². The van der Waals surface area contributed by atoms with Crippen molar-refractivity contribution in [1.82, 2.24) is 4.90 Å². The van der Waals surface area contributed by atoms with Gasteiger partial charge in [0.15, 0.2) is 0 Å². The molecule has 0 atom stereocenters. The fourth-order valence-corrected chi connectivity index (χ4v) is 3.05. The van der Waals surface area contributed by atoms with Gasteiger partial charge in [0.2, 0.25) is 5.91 Å². The number of hydrogen-bond donors (Lipinski definition) is 1. The number of benzene rings is 1. The molecule has 2 aliphatic rings. The van der Waals surface area contributed by atoms with Crippen molar-refractivity contribution in [3.05, 3.63) is 29.3 Å². The number of rotatable bonds is 5.